The van der Waals surface area contributed by atoms with Crippen LogP contribution in [-0.2, 0) is 9.59 Å². The van der Waals surface area contributed by atoms with Crippen LogP contribution in [0.25, 0.3) is 0 Å². The van der Waals surface area contributed by atoms with Crippen molar-refractivity contribution >= 4 is 17.4 Å². The summed E-state index contributed by atoms with van der Waals surface area (Å²) in [5, 5.41) is 10.4. The first-order valence-corrected chi connectivity index (χ1v) is 8.36. The number of carbonyl (C=O) groups excluding carboxylic acids is 2. The van der Waals surface area contributed by atoms with Crippen LogP contribution in [0.1, 0.15) is 32.0 Å². The average molecular weight is 354 g/mol. The van der Waals surface area contributed by atoms with Crippen molar-refractivity contribution in [3.63, 3.8) is 0 Å². The number of halogens is 1. The van der Waals surface area contributed by atoms with Gasteiger partial charge in [0.2, 0.25) is 0 Å². The van der Waals surface area contributed by atoms with Crippen molar-refractivity contribution in [1.29, 1.82) is 0 Å². The molecule has 1 atom stereocenters. The molecule has 1 N–H and O–H groups in total. The third kappa shape index (κ3) is 3.22. The smallest absolute Gasteiger partial charge is 0.294 e. The van der Waals surface area contributed by atoms with Crippen LogP contribution >= 0.6 is 0 Å². The number of nitrogens with zero attached hydrogens (tertiary/aromatic N) is 2. The zero-order valence-corrected chi connectivity index (χ0v) is 14.5. The predicted molar refractivity (Wildman–Crippen MR) is 95.0 cm³/mol. The fourth-order valence-corrected chi connectivity index (χ4v) is 3.06. The molecule has 0 bridgehead atoms. The molecule has 1 amide bonds. The number of hydrogen-bond acceptors (Lipinski definition) is 4. The molecule has 0 radical (unpaired) electrons. The molecule has 26 heavy (non-hydrogen) atoms. The van der Waals surface area contributed by atoms with Crippen LogP contribution in [0.2, 0.25) is 0 Å². The van der Waals surface area contributed by atoms with Gasteiger partial charge in [-0.1, -0.05) is 19.9 Å². The third-order valence-electron chi connectivity index (χ3n) is 4.17. The Balaban J connectivity index is 2.12. The lowest BCUT2D eigenvalue weighted by Crippen LogP contribution is -2.31. The number of amides is 1. The quantitative estimate of drug-likeness (QED) is 0.888. The number of carbonyl (C=O) groups is 2. The summed E-state index contributed by atoms with van der Waals surface area (Å²) in [6, 6.07) is 9.64. The number of aromatic nitrogens is 1. The third-order valence-corrected chi connectivity index (χ3v) is 4.17. The van der Waals surface area contributed by atoms with E-state index in [1.807, 2.05) is 13.8 Å². The largest absolute Gasteiger partial charge is 0.503 e. The second kappa shape index (κ2) is 7.07. The van der Waals surface area contributed by atoms with Gasteiger partial charge in [0, 0.05) is 18.3 Å². The van der Waals surface area contributed by atoms with Gasteiger partial charge < -0.3 is 5.11 Å². The molecular formula is C20H19FN2O3. The van der Waals surface area contributed by atoms with Crippen LogP contribution in [-0.4, -0.2) is 21.8 Å². The number of ketones is 1. The van der Waals surface area contributed by atoms with Gasteiger partial charge in [-0.05, 0) is 42.3 Å². The lowest BCUT2D eigenvalue weighted by Gasteiger charge is -2.26. The molecule has 1 aromatic heterocycles. The van der Waals surface area contributed by atoms with Crippen LogP contribution < -0.4 is 4.90 Å². The average Bonchev–Trinajstić information content (AvgIpc) is 2.88. The van der Waals surface area contributed by atoms with Crippen molar-refractivity contribution < 1.29 is 19.1 Å². The molecule has 1 aliphatic rings. The highest BCUT2D eigenvalue weighted by Gasteiger charge is 2.44. The topological polar surface area (TPSA) is 70.5 Å². The maximum absolute atomic E-state index is 13.3. The lowest BCUT2D eigenvalue weighted by atomic mass is 9.94. The number of aliphatic hydroxyl groups is 1. The van der Waals surface area contributed by atoms with E-state index >= 15 is 0 Å². The van der Waals surface area contributed by atoms with Gasteiger partial charge in [0.1, 0.15) is 11.9 Å². The Morgan fingerprint density at radius 2 is 1.92 bits per heavy atom. The molecular weight excluding hydrogens is 335 g/mol. The van der Waals surface area contributed by atoms with Gasteiger partial charge in [0.15, 0.2) is 11.5 Å². The SMILES string of the molecule is CC(C)CC(=O)C1=C(O)C(=O)N(c2ccc(F)cc2)C1c1ccccn1. The molecule has 0 spiro atoms. The summed E-state index contributed by atoms with van der Waals surface area (Å²) in [6.45, 7) is 3.78. The molecule has 1 unspecified atom stereocenters. The Bertz CT molecular complexity index is 860. The van der Waals surface area contributed by atoms with E-state index in [0.29, 0.717) is 11.4 Å². The number of Topliss-reactive ketones (excluding diaryl/α,β-unsaturated/α-hetero) is 1. The van der Waals surface area contributed by atoms with Crippen molar-refractivity contribution in [2.45, 2.75) is 26.3 Å². The Labute approximate surface area is 150 Å². The fourth-order valence-electron chi connectivity index (χ4n) is 3.06. The summed E-state index contributed by atoms with van der Waals surface area (Å²) in [6.07, 6.45) is 1.76. The molecule has 0 fully saturated rings. The summed E-state index contributed by atoms with van der Waals surface area (Å²) < 4.78 is 13.3. The zero-order chi connectivity index (χ0) is 18.8. The molecule has 1 aliphatic heterocycles. The summed E-state index contributed by atoms with van der Waals surface area (Å²) in [5.74, 6) is -1.94. The van der Waals surface area contributed by atoms with E-state index in [9.17, 15) is 19.1 Å². The van der Waals surface area contributed by atoms with E-state index in [0.717, 1.165) is 0 Å². The number of hydrogen-bond donors (Lipinski definition) is 1. The number of rotatable bonds is 5. The van der Waals surface area contributed by atoms with Gasteiger partial charge in [-0.2, -0.15) is 0 Å². The van der Waals surface area contributed by atoms with Gasteiger partial charge in [-0.25, -0.2) is 4.39 Å². The van der Waals surface area contributed by atoms with Crippen LogP contribution in [0.15, 0.2) is 60.0 Å². The summed E-state index contributed by atoms with van der Waals surface area (Å²) >= 11 is 0. The molecule has 0 aliphatic carbocycles. The maximum atomic E-state index is 13.3. The van der Waals surface area contributed by atoms with Gasteiger partial charge in [0.05, 0.1) is 11.3 Å². The van der Waals surface area contributed by atoms with E-state index in [1.165, 1.54) is 29.2 Å². The molecule has 3 rings (SSSR count). The summed E-state index contributed by atoms with van der Waals surface area (Å²) in [5.41, 5.74) is 0.874. The predicted octanol–water partition coefficient (Wildman–Crippen LogP) is 3.74. The Hall–Kier alpha value is -3.02. The molecule has 1 aromatic carbocycles. The van der Waals surface area contributed by atoms with Crippen molar-refractivity contribution in [3.05, 3.63) is 71.5 Å². The minimum atomic E-state index is -0.847. The van der Waals surface area contributed by atoms with E-state index in [1.54, 1.807) is 24.4 Å². The van der Waals surface area contributed by atoms with E-state index in [4.69, 9.17) is 0 Å². The summed E-state index contributed by atoms with van der Waals surface area (Å²) in [4.78, 5) is 31.0. The highest BCUT2D eigenvalue weighted by molar-refractivity contribution is 6.16. The molecule has 6 heteroatoms. The number of anilines is 1. The van der Waals surface area contributed by atoms with Crippen LogP contribution in [0.4, 0.5) is 10.1 Å². The maximum Gasteiger partial charge on any atom is 0.294 e. The number of aliphatic hydroxyl groups excluding tert-OH is 1. The number of pyridine rings is 1. The van der Waals surface area contributed by atoms with Crippen molar-refractivity contribution in [2.24, 2.45) is 5.92 Å². The normalized spacial score (nSPS) is 17.3. The molecule has 2 aromatic rings. The second-order valence-corrected chi connectivity index (χ2v) is 6.59. The van der Waals surface area contributed by atoms with Crippen molar-refractivity contribution in [1.82, 2.24) is 4.98 Å². The van der Waals surface area contributed by atoms with Crippen LogP contribution in [0.3, 0.4) is 0 Å². The lowest BCUT2D eigenvalue weighted by molar-refractivity contribution is -0.118. The van der Waals surface area contributed by atoms with Crippen molar-refractivity contribution in [2.75, 3.05) is 4.90 Å². The second-order valence-electron chi connectivity index (χ2n) is 6.59. The van der Waals surface area contributed by atoms with E-state index in [-0.39, 0.29) is 23.7 Å². The minimum absolute atomic E-state index is 0.0340. The van der Waals surface area contributed by atoms with Gasteiger partial charge in [-0.3, -0.25) is 19.5 Å². The van der Waals surface area contributed by atoms with Crippen LogP contribution in [0, 0.1) is 11.7 Å². The molecule has 0 saturated carbocycles. The van der Waals surface area contributed by atoms with Crippen molar-refractivity contribution in [3.8, 4) is 0 Å². The Morgan fingerprint density at radius 3 is 2.50 bits per heavy atom. The minimum Gasteiger partial charge on any atom is -0.503 e. The first kappa shape index (κ1) is 17.8. The molecule has 2 heterocycles. The molecule has 0 saturated heterocycles. The Kier molecular flexibility index (Phi) is 4.84. The summed E-state index contributed by atoms with van der Waals surface area (Å²) in [7, 11) is 0. The molecule has 5 nitrogen and oxygen atoms in total. The molecule has 134 valence electrons. The van der Waals surface area contributed by atoms with Crippen LogP contribution in [0.5, 0.6) is 0 Å². The first-order valence-electron chi connectivity index (χ1n) is 8.36. The highest BCUT2D eigenvalue weighted by atomic mass is 19.1. The zero-order valence-electron chi connectivity index (χ0n) is 14.5. The van der Waals surface area contributed by atoms with E-state index in [2.05, 4.69) is 4.98 Å². The van der Waals surface area contributed by atoms with E-state index < -0.39 is 23.5 Å². The van der Waals surface area contributed by atoms with Gasteiger partial charge in [0.25, 0.3) is 5.91 Å². The first-order chi connectivity index (χ1) is 12.4. The monoisotopic (exact) mass is 354 g/mol. The number of benzene rings is 1. The Morgan fingerprint density at radius 1 is 1.23 bits per heavy atom. The highest BCUT2D eigenvalue weighted by Crippen LogP contribution is 2.40. The standard InChI is InChI=1S/C20H19FN2O3/c1-12(2)11-16(24)17-18(15-5-3-4-10-22-15)23(20(26)19(17)25)14-8-6-13(21)7-9-14/h3-10,12,18,25H,11H2,1-2H3. The van der Waals surface area contributed by atoms with Gasteiger partial charge >= 0.3 is 0 Å². The van der Waals surface area contributed by atoms with Gasteiger partial charge in [-0.15, -0.1) is 0 Å². The fraction of sp³-hybridized carbons (Fsp3) is 0.250.